The van der Waals surface area contributed by atoms with Gasteiger partial charge < -0.3 is 19.7 Å². The molecular formula is C40H45F6N5O4. The first kappa shape index (κ1) is 36.7. The summed E-state index contributed by atoms with van der Waals surface area (Å²) in [6, 6.07) is 5.27. The monoisotopic (exact) mass is 773 g/mol. The number of alkyl halides is 6. The lowest BCUT2D eigenvalue weighted by Gasteiger charge is -2.59. The van der Waals surface area contributed by atoms with Crippen LogP contribution in [0.2, 0.25) is 0 Å². The van der Waals surface area contributed by atoms with Crippen LogP contribution >= 0.6 is 0 Å². The molecule has 2 N–H and O–H groups in total. The van der Waals surface area contributed by atoms with Gasteiger partial charge >= 0.3 is 12.1 Å². The Morgan fingerprint density at radius 3 is 2.13 bits per heavy atom. The largest absolute Gasteiger partial charge is 0.490 e. The van der Waals surface area contributed by atoms with Crippen molar-refractivity contribution in [3.63, 3.8) is 0 Å². The fourth-order valence-electron chi connectivity index (χ4n) is 11.3. The number of rotatable bonds is 8. The molecule has 0 atom stereocenters. The van der Waals surface area contributed by atoms with Crippen molar-refractivity contribution < 1.29 is 45.8 Å². The molecule has 6 saturated carbocycles. The van der Waals surface area contributed by atoms with Crippen molar-refractivity contribution in [2.45, 2.75) is 125 Å². The summed E-state index contributed by atoms with van der Waals surface area (Å²) in [5, 5.41) is 13.6. The topological polar surface area (TPSA) is 110 Å². The molecule has 4 bridgehead atoms. The predicted molar refractivity (Wildman–Crippen MR) is 188 cm³/mol. The number of ether oxygens (including phenoxy) is 1. The van der Waals surface area contributed by atoms with E-state index >= 15 is 0 Å². The van der Waals surface area contributed by atoms with E-state index in [2.05, 4.69) is 15.3 Å². The van der Waals surface area contributed by atoms with Gasteiger partial charge in [-0.25, -0.2) is 27.9 Å². The van der Waals surface area contributed by atoms with Crippen LogP contribution in [0.3, 0.4) is 0 Å². The van der Waals surface area contributed by atoms with Crippen LogP contribution in [-0.4, -0.2) is 79.3 Å². The van der Waals surface area contributed by atoms with E-state index in [9.17, 15) is 41.0 Å². The first-order valence-corrected chi connectivity index (χ1v) is 19.7. The number of hydrogen-bond donors (Lipinski definition) is 2. The molecule has 10 rings (SSSR count). The summed E-state index contributed by atoms with van der Waals surface area (Å²) in [7, 11) is 0. The molecule has 1 aliphatic heterocycles. The third-order valence-electron chi connectivity index (χ3n) is 13.8. The van der Waals surface area contributed by atoms with Crippen LogP contribution in [0.4, 0.5) is 26.3 Å². The molecule has 3 heterocycles. The van der Waals surface area contributed by atoms with E-state index in [4.69, 9.17) is 4.74 Å². The maximum absolute atomic E-state index is 14.8. The molecule has 296 valence electrons. The molecule has 6 aliphatic carbocycles. The standard InChI is InChI=1S/C40H45F6N5O4/c41-25-1-3-27(4-2-25)51-18-32(30-10-9-29(16-33(30)51)55-28-7-5-26(6-8-28)50-19-38(42,43)20-50)35-47-17-31(34(48-35)40(44,45)46)36(52)49-39(37(53)54)23-12-21-11-22(14-23)15-24(39)13-21/h9-10,16-18,21-28H,1-8,11-15,19-20H2,(H,49,52)(H,53,54). The third-order valence-corrected chi connectivity index (χ3v) is 13.8. The molecule has 9 nitrogen and oxygen atoms in total. The van der Waals surface area contributed by atoms with Gasteiger partial charge in [-0.15, -0.1) is 0 Å². The molecule has 7 aliphatic rings. The average molecular weight is 774 g/mol. The molecule has 3 aromatic rings. The Morgan fingerprint density at radius 2 is 1.53 bits per heavy atom. The van der Waals surface area contributed by atoms with Crippen molar-refractivity contribution in [2.24, 2.45) is 23.7 Å². The van der Waals surface area contributed by atoms with Crippen LogP contribution < -0.4 is 10.1 Å². The lowest BCUT2D eigenvalue weighted by atomic mass is 9.48. The Bertz CT molecular complexity index is 1950. The third kappa shape index (κ3) is 6.55. The Labute approximate surface area is 314 Å². The van der Waals surface area contributed by atoms with E-state index in [-0.39, 0.29) is 48.9 Å². The highest BCUT2D eigenvalue weighted by Gasteiger charge is 2.62. The summed E-state index contributed by atoms with van der Waals surface area (Å²) >= 11 is 0. The molecule has 55 heavy (non-hydrogen) atoms. The van der Waals surface area contributed by atoms with Gasteiger partial charge in [0.1, 0.15) is 17.5 Å². The van der Waals surface area contributed by atoms with Gasteiger partial charge in [-0.2, -0.15) is 13.2 Å². The molecule has 7 fully saturated rings. The summed E-state index contributed by atoms with van der Waals surface area (Å²) in [5.74, 6) is -4.67. The first-order valence-electron chi connectivity index (χ1n) is 19.7. The lowest BCUT2D eigenvalue weighted by molar-refractivity contribution is -0.163. The van der Waals surface area contributed by atoms with Gasteiger partial charge in [-0.3, -0.25) is 9.69 Å². The number of nitrogens with zero attached hydrogens (tertiary/aromatic N) is 4. The summed E-state index contributed by atoms with van der Waals surface area (Å²) in [6.07, 6.45) is 4.55. The van der Waals surface area contributed by atoms with Gasteiger partial charge in [0.05, 0.1) is 30.3 Å². The minimum absolute atomic E-state index is 0.0992. The normalized spacial score (nSPS) is 34.4. The van der Waals surface area contributed by atoms with Crippen molar-refractivity contribution in [1.82, 2.24) is 24.8 Å². The number of carboxylic acids is 1. The summed E-state index contributed by atoms with van der Waals surface area (Å²) in [6.45, 7) is -0.416. The average Bonchev–Trinajstić information content (AvgIpc) is 3.50. The molecule has 0 spiro atoms. The second-order valence-corrected chi connectivity index (χ2v) is 17.2. The fourth-order valence-corrected chi connectivity index (χ4v) is 11.3. The van der Waals surface area contributed by atoms with Crippen molar-refractivity contribution in [2.75, 3.05) is 13.1 Å². The quantitative estimate of drug-likeness (QED) is 0.222. The second-order valence-electron chi connectivity index (χ2n) is 17.2. The zero-order chi connectivity index (χ0) is 38.4. The number of carbonyl (C=O) groups excluding carboxylic acids is 1. The molecule has 2 aromatic heterocycles. The van der Waals surface area contributed by atoms with Gasteiger partial charge in [0, 0.05) is 41.5 Å². The van der Waals surface area contributed by atoms with Gasteiger partial charge in [0.25, 0.3) is 11.8 Å². The van der Waals surface area contributed by atoms with Crippen molar-refractivity contribution in [3.8, 4) is 17.1 Å². The number of amides is 1. The van der Waals surface area contributed by atoms with Crippen LogP contribution in [0.5, 0.6) is 5.75 Å². The van der Waals surface area contributed by atoms with E-state index in [0.717, 1.165) is 25.5 Å². The number of hydrogen-bond acceptors (Lipinski definition) is 6. The number of aromatic nitrogens is 3. The Balaban J connectivity index is 1.01. The van der Waals surface area contributed by atoms with Gasteiger partial charge in [0.2, 0.25) is 0 Å². The first-order chi connectivity index (χ1) is 26.2. The van der Waals surface area contributed by atoms with Crippen molar-refractivity contribution in [3.05, 3.63) is 41.9 Å². The van der Waals surface area contributed by atoms with Crippen LogP contribution in [-0.2, 0) is 11.0 Å². The van der Waals surface area contributed by atoms with E-state index < -0.39 is 46.9 Å². The highest BCUT2D eigenvalue weighted by Crippen LogP contribution is 2.58. The zero-order valence-corrected chi connectivity index (χ0v) is 30.3. The van der Waals surface area contributed by atoms with E-state index in [1.165, 1.54) is 0 Å². The minimum atomic E-state index is -5.06. The van der Waals surface area contributed by atoms with E-state index in [1.54, 1.807) is 18.3 Å². The van der Waals surface area contributed by atoms with Crippen LogP contribution in [0, 0.1) is 23.7 Å². The van der Waals surface area contributed by atoms with Crippen LogP contribution in [0.25, 0.3) is 22.3 Å². The molecule has 15 heteroatoms. The number of likely N-dealkylation sites (tertiary alicyclic amines) is 1. The number of nitrogens with one attached hydrogen (secondary N) is 1. The van der Waals surface area contributed by atoms with E-state index in [0.29, 0.717) is 98.3 Å². The number of carboxylic acid groups (broad SMARTS) is 1. The number of halogens is 6. The number of aliphatic carboxylic acids is 1. The van der Waals surface area contributed by atoms with Crippen molar-refractivity contribution >= 4 is 22.8 Å². The van der Waals surface area contributed by atoms with Crippen LogP contribution in [0.1, 0.15) is 106 Å². The minimum Gasteiger partial charge on any atom is -0.490 e. The van der Waals surface area contributed by atoms with E-state index in [1.807, 2.05) is 15.5 Å². The highest BCUT2D eigenvalue weighted by molar-refractivity contribution is 6.00. The number of carbonyl (C=O) groups is 2. The highest BCUT2D eigenvalue weighted by atomic mass is 19.4. The van der Waals surface area contributed by atoms with Gasteiger partial charge in [-0.05, 0) is 119 Å². The Hall–Kier alpha value is -3.88. The second kappa shape index (κ2) is 13.4. The number of benzene rings is 1. The fraction of sp³-hybridized carbons (Fsp3) is 0.650. The predicted octanol–water partition coefficient (Wildman–Crippen LogP) is 8.22. The smallest absolute Gasteiger partial charge is 0.434 e. The molecule has 1 aromatic carbocycles. The van der Waals surface area contributed by atoms with Gasteiger partial charge in [-0.1, -0.05) is 0 Å². The summed E-state index contributed by atoms with van der Waals surface area (Å²) < 4.78 is 93.8. The molecule has 0 unspecified atom stereocenters. The Morgan fingerprint density at radius 1 is 0.891 bits per heavy atom. The molecule has 0 radical (unpaired) electrons. The molecule has 1 amide bonds. The maximum Gasteiger partial charge on any atom is 0.434 e. The van der Waals surface area contributed by atoms with Crippen molar-refractivity contribution in [1.29, 1.82) is 0 Å². The van der Waals surface area contributed by atoms with Crippen LogP contribution in [0.15, 0.2) is 30.6 Å². The number of fused-ring (bicyclic) bond motifs is 1. The SMILES string of the molecule is O=C(NC1(C(=O)O)C2CC3CC(C2)CC1C3)c1cnc(-c2cn(C3CCC(F)CC3)c3cc(OC4CCC(N5CC(F)(F)C5)CC4)ccc23)nc1C(F)(F)F. The Kier molecular flexibility index (Phi) is 8.93. The zero-order valence-electron chi connectivity index (χ0n) is 30.3. The summed E-state index contributed by atoms with van der Waals surface area (Å²) in [4.78, 5) is 36.7. The molecular weight excluding hydrogens is 728 g/mol. The maximum atomic E-state index is 14.8. The summed E-state index contributed by atoms with van der Waals surface area (Å²) in [5.41, 5.74) is -2.96. The molecule has 1 saturated heterocycles. The lowest BCUT2D eigenvalue weighted by Crippen LogP contribution is -2.70. The van der Waals surface area contributed by atoms with Gasteiger partial charge in [0.15, 0.2) is 11.5 Å².